The maximum absolute atomic E-state index is 12.2. The normalized spacial score (nSPS) is 14.7. The first-order valence-electron chi connectivity index (χ1n) is 7.89. The molecule has 1 fully saturated rings. The summed E-state index contributed by atoms with van der Waals surface area (Å²) in [5.74, 6) is 0.703. The molecule has 118 valence electrons. The van der Waals surface area contributed by atoms with Crippen molar-refractivity contribution in [3.8, 4) is 0 Å². The van der Waals surface area contributed by atoms with Crippen LogP contribution in [0, 0.1) is 0 Å². The second kappa shape index (κ2) is 5.62. The zero-order valence-corrected chi connectivity index (χ0v) is 13.1. The largest absolute Gasteiger partial charge is 0.309 e. The average Bonchev–Trinajstić information content (AvgIpc) is 3.33. The summed E-state index contributed by atoms with van der Waals surface area (Å²) in [6.07, 6.45) is 3.99. The van der Waals surface area contributed by atoms with Gasteiger partial charge >= 0.3 is 0 Å². The number of rotatable bonds is 5. The van der Waals surface area contributed by atoms with Crippen molar-refractivity contribution in [3.05, 3.63) is 58.3 Å². The Morgan fingerprint density at radius 1 is 1.26 bits per heavy atom. The number of benzene rings is 1. The standard InChI is InChI=1S/C17H19N5O/c1-21-16-14(9-18-21)17(23)20-15(19-16)11-22(13-7-8-13)10-12-5-3-2-4-6-12/h2-6,9,13H,7-8,10-11H2,1H3,(H,19,20,23). The number of aryl methyl sites for hydroxylation is 1. The molecule has 6 nitrogen and oxygen atoms in total. The predicted octanol–water partition coefficient (Wildman–Crippen LogP) is 1.82. The Morgan fingerprint density at radius 3 is 2.78 bits per heavy atom. The first-order chi connectivity index (χ1) is 11.2. The molecule has 0 bridgehead atoms. The van der Waals surface area contributed by atoms with E-state index in [0.717, 1.165) is 6.54 Å². The first-order valence-corrected chi connectivity index (χ1v) is 7.89. The number of fused-ring (bicyclic) bond motifs is 1. The number of nitrogens with one attached hydrogen (secondary N) is 1. The summed E-state index contributed by atoms with van der Waals surface area (Å²) in [6.45, 7) is 1.52. The highest BCUT2D eigenvalue weighted by molar-refractivity contribution is 5.72. The fraction of sp³-hybridized carbons (Fsp3) is 0.353. The molecule has 1 N–H and O–H groups in total. The SMILES string of the molecule is Cn1ncc2c(=O)[nH]c(CN(Cc3ccccc3)C3CC3)nc21. The molecule has 0 aliphatic heterocycles. The number of nitrogens with zero attached hydrogens (tertiary/aromatic N) is 4. The molecule has 0 amide bonds. The first kappa shape index (κ1) is 14.1. The summed E-state index contributed by atoms with van der Waals surface area (Å²) in [6, 6.07) is 11.0. The lowest BCUT2D eigenvalue weighted by Crippen LogP contribution is -2.27. The van der Waals surface area contributed by atoms with Gasteiger partial charge < -0.3 is 4.98 Å². The van der Waals surface area contributed by atoms with E-state index >= 15 is 0 Å². The maximum atomic E-state index is 12.2. The fourth-order valence-corrected chi connectivity index (χ4v) is 2.92. The Balaban J connectivity index is 1.62. The zero-order chi connectivity index (χ0) is 15.8. The van der Waals surface area contributed by atoms with Crippen LogP contribution in [0.1, 0.15) is 24.2 Å². The van der Waals surface area contributed by atoms with Crippen molar-refractivity contribution in [2.24, 2.45) is 7.05 Å². The molecule has 2 aromatic heterocycles. The molecule has 0 radical (unpaired) electrons. The van der Waals surface area contributed by atoms with E-state index in [1.807, 2.05) is 6.07 Å². The van der Waals surface area contributed by atoms with Gasteiger partial charge in [-0.2, -0.15) is 5.10 Å². The van der Waals surface area contributed by atoms with Gasteiger partial charge in [-0.3, -0.25) is 14.4 Å². The van der Waals surface area contributed by atoms with E-state index in [1.165, 1.54) is 18.4 Å². The van der Waals surface area contributed by atoms with Gasteiger partial charge in [0.15, 0.2) is 5.65 Å². The topological polar surface area (TPSA) is 66.8 Å². The third kappa shape index (κ3) is 2.90. The Bertz CT molecular complexity index is 879. The molecular formula is C17H19N5O. The quantitative estimate of drug-likeness (QED) is 0.781. The van der Waals surface area contributed by atoms with Crippen LogP contribution < -0.4 is 5.56 Å². The molecule has 1 aliphatic carbocycles. The van der Waals surface area contributed by atoms with Gasteiger partial charge in [0, 0.05) is 19.6 Å². The van der Waals surface area contributed by atoms with E-state index in [0.29, 0.717) is 29.4 Å². The number of aromatic nitrogens is 4. The second-order valence-corrected chi connectivity index (χ2v) is 6.14. The van der Waals surface area contributed by atoms with E-state index in [4.69, 9.17) is 0 Å². The highest BCUT2D eigenvalue weighted by atomic mass is 16.1. The lowest BCUT2D eigenvalue weighted by atomic mass is 10.2. The Morgan fingerprint density at radius 2 is 2.04 bits per heavy atom. The molecular weight excluding hydrogens is 290 g/mol. The Labute approximate surface area is 133 Å². The molecule has 4 rings (SSSR count). The molecule has 0 unspecified atom stereocenters. The lowest BCUT2D eigenvalue weighted by molar-refractivity contribution is 0.239. The number of hydrogen-bond donors (Lipinski definition) is 1. The van der Waals surface area contributed by atoms with Crippen molar-refractivity contribution >= 4 is 11.0 Å². The monoisotopic (exact) mass is 309 g/mol. The minimum atomic E-state index is -0.117. The molecule has 0 spiro atoms. The third-order valence-electron chi connectivity index (χ3n) is 4.30. The van der Waals surface area contributed by atoms with Gasteiger partial charge in [0.25, 0.3) is 5.56 Å². The van der Waals surface area contributed by atoms with Gasteiger partial charge in [0.05, 0.1) is 12.7 Å². The van der Waals surface area contributed by atoms with Crippen LogP contribution in [0.15, 0.2) is 41.3 Å². The minimum absolute atomic E-state index is 0.117. The van der Waals surface area contributed by atoms with Crippen LogP contribution in [0.25, 0.3) is 11.0 Å². The van der Waals surface area contributed by atoms with E-state index < -0.39 is 0 Å². The van der Waals surface area contributed by atoms with E-state index in [9.17, 15) is 4.79 Å². The van der Waals surface area contributed by atoms with E-state index in [-0.39, 0.29) is 5.56 Å². The summed E-state index contributed by atoms with van der Waals surface area (Å²) in [5, 5.41) is 4.65. The predicted molar refractivity (Wildman–Crippen MR) is 87.8 cm³/mol. The van der Waals surface area contributed by atoms with Crippen molar-refractivity contribution < 1.29 is 0 Å². The molecule has 1 aliphatic rings. The minimum Gasteiger partial charge on any atom is -0.309 e. The molecule has 23 heavy (non-hydrogen) atoms. The Hall–Kier alpha value is -2.47. The van der Waals surface area contributed by atoms with Gasteiger partial charge in [-0.15, -0.1) is 0 Å². The molecule has 0 atom stereocenters. The average molecular weight is 309 g/mol. The van der Waals surface area contributed by atoms with Crippen molar-refractivity contribution in [1.29, 1.82) is 0 Å². The van der Waals surface area contributed by atoms with Crippen LogP contribution in [0.3, 0.4) is 0 Å². The lowest BCUT2D eigenvalue weighted by Gasteiger charge is -2.21. The summed E-state index contributed by atoms with van der Waals surface area (Å²) in [4.78, 5) is 22.0. The van der Waals surface area contributed by atoms with Crippen LogP contribution in [0.2, 0.25) is 0 Å². The highest BCUT2D eigenvalue weighted by Gasteiger charge is 2.29. The van der Waals surface area contributed by atoms with E-state index in [2.05, 4.69) is 44.2 Å². The van der Waals surface area contributed by atoms with Gasteiger partial charge in [-0.1, -0.05) is 30.3 Å². The molecule has 1 saturated carbocycles. The van der Waals surface area contributed by atoms with Crippen molar-refractivity contribution in [3.63, 3.8) is 0 Å². The van der Waals surface area contributed by atoms with Gasteiger partial charge in [0.1, 0.15) is 11.2 Å². The smallest absolute Gasteiger partial charge is 0.262 e. The van der Waals surface area contributed by atoms with Gasteiger partial charge in [-0.25, -0.2) is 4.98 Å². The summed E-state index contributed by atoms with van der Waals surface area (Å²) < 4.78 is 1.65. The molecule has 3 aromatic rings. The van der Waals surface area contributed by atoms with Crippen LogP contribution in [0.5, 0.6) is 0 Å². The maximum Gasteiger partial charge on any atom is 0.262 e. The van der Waals surface area contributed by atoms with Crippen LogP contribution in [-0.4, -0.2) is 30.7 Å². The highest BCUT2D eigenvalue weighted by Crippen LogP contribution is 2.29. The third-order valence-corrected chi connectivity index (χ3v) is 4.30. The number of aromatic amines is 1. The van der Waals surface area contributed by atoms with Crippen molar-refractivity contribution in [2.75, 3.05) is 0 Å². The molecule has 0 saturated heterocycles. The molecule has 1 aromatic carbocycles. The number of hydrogen-bond acceptors (Lipinski definition) is 4. The van der Waals surface area contributed by atoms with Crippen molar-refractivity contribution in [1.82, 2.24) is 24.6 Å². The number of H-pyrrole nitrogens is 1. The fourth-order valence-electron chi connectivity index (χ4n) is 2.92. The summed E-state index contributed by atoms with van der Waals surface area (Å²) in [7, 11) is 1.81. The summed E-state index contributed by atoms with van der Waals surface area (Å²) in [5.41, 5.74) is 1.80. The summed E-state index contributed by atoms with van der Waals surface area (Å²) >= 11 is 0. The van der Waals surface area contributed by atoms with Crippen molar-refractivity contribution in [2.45, 2.75) is 32.0 Å². The Kier molecular flexibility index (Phi) is 3.46. The van der Waals surface area contributed by atoms with Crippen LogP contribution >= 0.6 is 0 Å². The van der Waals surface area contributed by atoms with Crippen LogP contribution in [-0.2, 0) is 20.1 Å². The van der Waals surface area contributed by atoms with Gasteiger partial charge in [0.2, 0.25) is 0 Å². The molecule has 2 heterocycles. The second-order valence-electron chi connectivity index (χ2n) is 6.14. The van der Waals surface area contributed by atoms with Crippen LogP contribution in [0.4, 0.5) is 0 Å². The van der Waals surface area contributed by atoms with Gasteiger partial charge in [-0.05, 0) is 18.4 Å². The zero-order valence-electron chi connectivity index (χ0n) is 13.1. The molecule has 6 heteroatoms. The van der Waals surface area contributed by atoms with E-state index in [1.54, 1.807) is 17.9 Å².